The molecule has 1 aromatic heterocycles. The van der Waals surface area contributed by atoms with E-state index >= 15 is 0 Å². The zero-order valence-corrected chi connectivity index (χ0v) is 12.0. The molecule has 0 bridgehead atoms. The van der Waals surface area contributed by atoms with Gasteiger partial charge in [-0.1, -0.05) is 12.1 Å². The molecule has 1 aliphatic rings. The molecule has 0 aliphatic carbocycles. The van der Waals surface area contributed by atoms with Gasteiger partial charge in [-0.2, -0.15) is 0 Å². The van der Waals surface area contributed by atoms with Gasteiger partial charge in [-0.25, -0.2) is 4.98 Å². The van der Waals surface area contributed by atoms with Crippen LogP contribution >= 0.6 is 0 Å². The van der Waals surface area contributed by atoms with Crippen LogP contribution in [0.2, 0.25) is 0 Å². The number of carbonyl (C=O) groups is 1. The van der Waals surface area contributed by atoms with E-state index in [0.717, 1.165) is 26.2 Å². The molecule has 1 fully saturated rings. The highest BCUT2D eigenvalue weighted by molar-refractivity contribution is 6.05. The van der Waals surface area contributed by atoms with E-state index in [0.29, 0.717) is 28.8 Å². The van der Waals surface area contributed by atoms with E-state index in [-0.39, 0.29) is 11.3 Å². The van der Waals surface area contributed by atoms with E-state index in [2.05, 4.69) is 20.2 Å². The van der Waals surface area contributed by atoms with Gasteiger partial charge in [0.15, 0.2) is 5.78 Å². The number of aromatic nitrogens is 2. The molecular weight excluding hydrogens is 268 g/mol. The zero-order valence-electron chi connectivity index (χ0n) is 12.0. The second-order valence-electron chi connectivity index (χ2n) is 5.29. The molecule has 2 N–H and O–H groups in total. The van der Waals surface area contributed by atoms with Crippen molar-refractivity contribution in [1.82, 2.24) is 20.2 Å². The number of Topliss-reactive ketones (excluding diaryl/α,β-unsaturated/α-hetero) is 1. The topological polar surface area (TPSA) is 78.1 Å². The first-order valence-corrected chi connectivity index (χ1v) is 7.11. The highest BCUT2D eigenvalue weighted by Gasteiger charge is 2.14. The molecule has 0 unspecified atom stereocenters. The summed E-state index contributed by atoms with van der Waals surface area (Å²) in [5, 5.41) is 3.67. The molecule has 1 saturated heterocycles. The SMILES string of the molecule is CC(=O)c1cccc2nc(CN3CCNCC3)[nH]c(=O)c12. The van der Waals surface area contributed by atoms with Crippen molar-refractivity contribution in [3.8, 4) is 0 Å². The van der Waals surface area contributed by atoms with Gasteiger partial charge in [-0.05, 0) is 13.0 Å². The number of H-pyrrole nitrogens is 1. The molecule has 1 aromatic carbocycles. The van der Waals surface area contributed by atoms with Crippen molar-refractivity contribution in [2.45, 2.75) is 13.5 Å². The first kappa shape index (κ1) is 13.9. The van der Waals surface area contributed by atoms with E-state index in [9.17, 15) is 9.59 Å². The zero-order chi connectivity index (χ0) is 14.8. The summed E-state index contributed by atoms with van der Waals surface area (Å²) < 4.78 is 0. The quantitative estimate of drug-likeness (QED) is 0.805. The van der Waals surface area contributed by atoms with Crippen LogP contribution in [-0.4, -0.2) is 46.8 Å². The van der Waals surface area contributed by atoms with Gasteiger partial charge in [-0.3, -0.25) is 14.5 Å². The number of piperazine rings is 1. The van der Waals surface area contributed by atoms with E-state index in [1.54, 1.807) is 18.2 Å². The van der Waals surface area contributed by atoms with Crippen LogP contribution in [0, 0.1) is 0 Å². The van der Waals surface area contributed by atoms with Crippen molar-refractivity contribution < 1.29 is 4.79 Å². The second-order valence-corrected chi connectivity index (χ2v) is 5.29. The van der Waals surface area contributed by atoms with Crippen LogP contribution < -0.4 is 10.9 Å². The summed E-state index contributed by atoms with van der Waals surface area (Å²) in [6.45, 7) is 5.86. The van der Waals surface area contributed by atoms with Crippen LogP contribution in [0.1, 0.15) is 23.1 Å². The molecule has 0 radical (unpaired) electrons. The molecule has 0 amide bonds. The Morgan fingerprint density at radius 2 is 2.10 bits per heavy atom. The minimum atomic E-state index is -0.240. The Balaban J connectivity index is 1.99. The van der Waals surface area contributed by atoms with Gasteiger partial charge in [0.25, 0.3) is 5.56 Å². The molecule has 0 spiro atoms. The van der Waals surface area contributed by atoms with Gasteiger partial charge in [0.2, 0.25) is 0 Å². The lowest BCUT2D eigenvalue weighted by molar-refractivity contribution is 0.101. The maximum atomic E-state index is 12.3. The summed E-state index contributed by atoms with van der Waals surface area (Å²) in [5.41, 5.74) is 0.766. The Hall–Kier alpha value is -2.05. The van der Waals surface area contributed by atoms with Crippen molar-refractivity contribution in [2.24, 2.45) is 0 Å². The smallest absolute Gasteiger partial charge is 0.259 e. The minimum absolute atomic E-state index is 0.122. The number of hydrogen-bond acceptors (Lipinski definition) is 5. The third-order valence-electron chi connectivity index (χ3n) is 3.75. The summed E-state index contributed by atoms with van der Waals surface area (Å²) in [6.07, 6.45) is 0. The standard InChI is InChI=1S/C15H18N4O2/c1-10(20)11-3-2-4-12-14(11)15(21)18-13(17-12)9-19-7-5-16-6-8-19/h2-4,16H,5-9H2,1H3,(H,17,18,21). The average molecular weight is 286 g/mol. The predicted octanol–water partition coefficient (Wildman–Crippen LogP) is 0.531. The number of aromatic amines is 1. The van der Waals surface area contributed by atoms with Crippen LogP contribution in [0.4, 0.5) is 0 Å². The molecule has 21 heavy (non-hydrogen) atoms. The Morgan fingerprint density at radius 1 is 1.33 bits per heavy atom. The highest BCUT2D eigenvalue weighted by atomic mass is 16.1. The fraction of sp³-hybridized carbons (Fsp3) is 0.400. The van der Waals surface area contributed by atoms with Gasteiger partial charge in [-0.15, -0.1) is 0 Å². The van der Waals surface area contributed by atoms with Gasteiger partial charge in [0, 0.05) is 31.7 Å². The van der Waals surface area contributed by atoms with E-state index in [4.69, 9.17) is 0 Å². The molecule has 0 atom stereocenters. The summed E-state index contributed by atoms with van der Waals surface area (Å²) in [4.78, 5) is 33.5. The Bertz CT molecular complexity index is 732. The Morgan fingerprint density at radius 3 is 2.81 bits per heavy atom. The maximum Gasteiger partial charge on any atom is 0.259 e. The fourth-order valence-electron chi connectivity index (χ4n) is 2.69. The lowest BCUT2D eigenvalue weighted by Crippen LogP contribution is -2.43. The van der Waals surface area contributed by atoms with Crippen molar-refractivity contribution in [2.75, 3.05) is 26.2 Å². The molecule has 2 aromatic rings. The average Bonchev–Trinajstić information content (AvgIpc) is 2.47. The number of carbonyl (C=O) groups excluding carboxylic acids is 1. The van der Waals surface area contributed by atoms with Crippen LogP contribution in [-0.2, 0) is 6.54 Å². The van der Waals surface area contributed by atoms with Crippen molar-refractivity contribution in [3.05, 3.63) is 39.9 Å². The van der Waals surface area contributed by atoms with Crippen LogP contribution in [0.3, 0.4) is 0 Å². The molecule has 1 aliphatic heterocycles. The van der Waals surface area contributed by atoms with Crippen molar-refractivity contribution in [1.29, 1.82) is 0 Å². The number of hydrogen-bond donors (Lipinski definition) is 2. The second kappa shape index (κ2) is 5.75. The third kappa shape index (κ3) is 2.86. The number of rotatable bonds is 3. The number of benzene rings is 1. The Labute approximate surface area is 122 Å². The summed E-state index contributed by atoms with van der Waals surface area (Å²) in [7, 11) is 0. The lowest BCUT2D eigenvalue weighted by atomic mass is 10.1. The van der Waals surface area contributed by atoms with Crippen LogP contribution in [0.15, 0.2) is 23.0 Å². The molecule has 0 saturated carbocycles. The highest BCUT2D eigenvalue weighted by Crippen LogP contribution is 2.14. The van der Waals surface area contributed by atoms with Crippen molar-refractivity contribution >= 4 is 16.7 Å². The monoisotopic (exact) mass is 286 g/mol. The normalized spacial score (nSPS) is 16.2. The van der Waals surface area contributed by atoms with Crippen molar-refractivity contribution in [3.63, 3.8) is 0 Å². The third-order valence-corrected chi connectivity index (χ3v) is 3.75. The van der Waals surface area contributed by atoms with Gasteiger partial charge < -0.3 is 10.3 Å². The molecular formula is C15H18N4O2. The summed E-state index contributed by atoms with van der Waals surface area (Å²) in [6, 6.07) is 5.20. The number of fused-ring (bicyclic) bond motifs is 1. The van der Waals surface area contributed by atoms with E-state index < -0.39 is 0 Å². The summed E-state index contributed by atoms with van der Waals surface area (Å²) in [5.74, 6) is 0.526. The van der Waals surface area contributed by atoms with E-state index in [1.807, 2.05) is 0 Å². The van der Waals surface area contributed by atoms with Gasteiger partial charge in [0.1, 0.15) is 5.82 Å². The largest absolute Gasteiger partial charge is 0.314 e. The van der Waals surface area contributed by atoms with Crippen LogP contribution in [0.25, 0.3) is 10.9 Å². The molecule has 6 heteroatoms. The summed E-state index contributed by atoms with van der Waals surface area (Å²) >= 11 is 0. The number of nitrogens with zero attached hydrogens (tertiary/aromatic N) is 2. The lowest BCUT2D eigenvalue weighted by Gasteiger charge is -2.26. The molecule has 3 rings (SSSR count). The first-order valence-electron chi connectivity index (χ1n) is 7.11. The number of nitrogens with one attached hydrogen (secondary N) is 2. The number of ketones is 1. The van der Waals surface area contributed by atoms with Gasteiger partial charge >= 0.3 is 0 Å². The maximum absolute atomic E-state index is 12.3. The van der Waals surface area contributed by atoms with Crippen LogP contribution in [0.5, 0.6) is 0 Å². The minimum Gasteiger partial charge on any atom is -0.314 e. The Kier molecular flexibility index (Phi) is 3.81. The molecule has 2 heterocycles. The van der Waals surface area contributed by atoms with Gasteiger partial charge in [0.05, 0.1) is 17.4 Å². The molecule has 6 nitrogen and oxygen atoms in total. The first-order chi connectivity index (χ1) is 10.1. The fourth-order valence-corrected chi connectivity index (χ4v) is 2.69. The molecule has 110 valence electrons. The predicted molar refractivity (Wildman–Crippen MR) is 80.5 cm³/mol. The van der Waals surface area contributed by atoms with E-state index in [1.165, 1.54) is 6.92 Å².